The van der Waals surface area contributed by atoms with Crippen LogP contribution in [0.3, 0.4) is 0 Å². The van der Waals surface area contributed by atoms with Crippen LogP contribution in [0.25, 0.3) is 11.0 Å². The summed E-state index contributed by atoms with van der Waals surface area (Å²) in [5, 5.41) is 2.83. The Labute approximate surface area is 154 Å². The van der Waals surface area contributed by atoms with Crippen molar-refractivity contribution in [1.82, 2.24) is 14.3 Å². The first-order valence-electron chi connectivity index (χ1n) is 8.06. The number of amides is 2. The zero-order chi connectivity index (χ0) is 18.7. The van der Waals surface area contributed by atoms with Gasteiger partial charge in [-0.1, -0.05) is 6.07 Å². The minimum atomic E-state index is -0.421. The highest BCUT2D eigenvalue weighted by molar-refractivity contribution is 7.98. The SMILES string of the molecule is CCn1c(C)nc2cccc(NC(=O)NSc3cc(F)ccc3OC)c21. The molecule has 136 valence electrons. The van der Waals surface area contributed by atoms with E-state index in [9.17, 15) is 9.18 Å². The van der Waals surface area contributed by atoms with Gasteiger partial charge in [-0.2, -0.15) is 0 Å². The molecule has 3 rings (SSSR count). The minimum absolute atomic E-state index is 0.400. The molecular formula is C18H19FN4O2S. The van der Waals surface area contributed by atoms with Crippen LogP contribution in [0.15, 0.2) is 41.3 Å². The van der Waals surface area contributed by atoms with Crippen LogP contribution in [0, 0.1) is 12.7 Å². The maximum Gasteiger partial charge on any atom is 0.329 e. The number of fused-ring (bicyclic) bond motifs is 1. The Morgan fingerprint density at radius 3 is 2.88 bits per heavy atom. The third-order valence-corrected chi connectivity index (χ3v) is 4.73. The number of halogens is 1. The normalized spacial score (nSPS) is 10.8. The van der Waals surface area contributed by atoms with E-state index in [0.29, 0.717) is 16.3 Å². The van der Waals surface area contributed by atoms with Crippen molar-refractivity contribution < 1.29 is 13.9 Å². The molecule has 0 radical (unpaired) electrons. The summed E-state index contributed by atoms with van der Waals surface area (Å²) in [6.07, 6.45) is 0. The van der Waals surface area contributed by atoms with E-state index in [1.807, 2.05) is 36.6 Å². The van der Waals surface area contributed by atoms with Crippen LogP contribution < -0.4 is 14.8 Å². The molecule has 2 amide bonds. The second kappa shape index (κ2) is 7.65. The van der Waals surface area contributed by atoms with Gasteiger partial charge in [-0.05, 0) is 56.1 Å². The summed E-state index contributed by atoms with van der Waals surface area (Å²) < 4.78 is 23.3. The lowest BCUT2D eigenvalue weighted by Gasteiger charge is -2.11. The van der Waals surface area contributed by atoms with Crippen molar-refractivity contribution >= 4 is 34.7 Å². The van der Waals surface area contributed by atoms with E-state index in [1.54, 1.807) is 0 Å². The molecule has 1 heterocycles. The lowest BCUT2D eigenvalue weighted by molar-refractivity contribution is 0.257. The zero-order valence-corrected chi connectivity index (χ0v) is 15.5. The number of para-hydroxylation sites is 1. The fraction of sp³-hybridized carbons (Fsp3) is 0.222. The molecule has 2 N–H and O–H groups in total. The molecule has 8 heteroatoms. The van der Waals surface area contributed by atoms with Crippen LogP contribution in [-0.4, -0.2) is 22.7 Å². The lowest BCUT2D eigenvalue weighted by Crippen LogP contribution is -2.23. The molecule has 3 aromatic rings. The van der Waals surface area contributed by atoms with Crippen LogP contribution in [0.1, 0.15) is 12.7 Å². The number of imidazole rings is 1. The van der Waals surface area contributed by atoms with Gasteiger partial charge in [0.05, 0.1) is 28.7 Å². The molecule has 0 saturated carbocycles. The predicted molar refractivity (Wildman–Crippen MR) is 101 cm³/mol. The van der Waals surface area contributed by atoms with Gasteiger partial charge in [0, 0.05) is 6.54 Å². The van der Waals surface area contributed by atoms with Gasteiger partial charge >= 0.3 is 6.03 Å². The molecule has 2 aromatic carbocycles. The monoisotopic (exact) mass is 374 g/mol. The van der Waals surface area contributed by atoms with Crippen molar-refractivity contribution in [3.63, 3.8) is 0 Å². The fourth-order valence-corrected chi connectivity index (χ4v) is 3.45. The molecule has 0 fully saturated rings. The van der Waals surface area contributed by atoms with Crippen molar-refractivity contribution in [3.05, 3.63) is 48.0 Å². The van der Waals surface area contributed by atoms with Gasteiger partial charge in [-0.25, -0.2) is 14.2 Å². The summed E-state index contributed by atoms with van der Waals surface area (Å²) in [5.41, 5.74) is 2.35. The fourth-order valence-electron chi connectivity index (χ4n) is 2.77. The number of aryl methyl sites for hydroxylation is 2. The quantitative estimate of drug-likeness (QED) is 0.652. The number of rotatable bonds is 5. The summed E-state index contributed by atoms with van der Waals surface area (Å²) >= 11 is 0.984. The first-order valence-corrected chi connectivity index (χ1v) is 8.88. The largest absolute Gasteiger partial charge is 0.496 e. The van der Waals surface area contributed by atoms with Gasteiger partial charge in [-0.3, -0.25) is 4.72 Å². The van der Waals surface area contributed by atoms with Gasteiger partial charge in [-0.15, -0.1) is 0 Å². The number of carbonyl (C=O) groups excluding carboxylic acids is 1. The number of nitrogens with zero attached hydrogens (tertiary/aromatic N) is 2. The second-order valence-corrected chi connectivity index (χ2v) is 6.38. The molecule has 1 aromatic heterocycles. The van der Waals surface area contributed by atoms with Crippen molar-refractivity contribution in [2.24, 2.45) is 0 Å². The van der Waals surface area contributed by atoms with Crippen LogP contribution in [0.4, 0.5) is 14.9 Å². The molecule has 0 spiro atoms. The highest BCUT2D eigenvalue weighted by Crippen LogP contribution is 2.28. The van der Waals surface area contributed by atoms with E-state index in [0.717, 1.165) is 35.4 Å². The smallest absolute Gasteiger partial charge is 0.329 e. The maximum atomic E-state index is 13.4. The number of hydrogen-bond acceptors (Lipinski definition) is 4. The number of carbonyl (C=O) groups is 1. The molecule has 0 saturated heterocycles. The third-order valence-electron chi connectivity index (χ3n) is 3.90. The van der Waals surface area contributed by atoms with E-state index >= 15 is 0 Å². The minimum Gasteiger partial charge on any atom is -0.496 e. The maximum absolute atomic E-state index is 13.4. The number of hydrogen-bond donors (Lipinski definition) is 2. The number of nitrogens with one attached hydrogen (secondary N) is 2. The number of urea groups is 1. The lowest BCUT2D eigenvalue weighted by atomic mass is 10.2. The molecule has 6 nitrogen and oxygen atoms in total. The summed E-state index contributed by atoms with van der Waals surface area (Å²) in [4.78, 5) is 17.3. The number of ether oxygens (including phenoxy) is 1. The number of methoxy groups -OCH3 is 1. The standard InChI is InChI=1S/C18H19FN4O2S/c1-4-23-11(2)20-13-6-5-7-14(17(13)23)21-18(24)22-26-16-10-12(19)8-9-15(16)25-3/h5-10H,4H2,1-3H3,(H2,21,22,24). The zero-order valence-electron chi connectivity index (χ0n) is 14.7. The summed E-state index contributed by atoms with van der Waals surface area (Å²) in [6, 6.07) is 9.27. The van der Waals surface area contributed by atoms with Gasteiger partial charge in [0.2, 0.25) is 0 Å². The average Bonchev–Trinajstić information content (AvgIpc) is 2.96. The van der Waals surface area contributed by atoms with Gasteiger partial charge in [0.25, 0.3) is 0 Å². The summed E-state index contributed by atoms with van der Waals surface area (Å²) in [5.74, 6) is 0.970. The first-order chi connectivity index (χ1) is 12.5. The van der Waals surface area contributed by atoms with Crippen LogP contribution in [-0.2, 0) is 6.54 Å². The number of aromatic nitrogens is 2. The van der Waals surface area contributed by atoms with Crippen LogP contribution in [0.5, 0.6) is 5.75 Å². The van der Waals surface area contributed by atoms with E-state index < -0.39 is 11.8 Å². The summed E-state index contributed by atoms with van der Waals surface area (Å²) in [7, 11) is 1.49. The highest BCUT2D eigenvalue weighted by Gasteiger charge is 2.13. The average molecular weight is 374 g/mol. The Bertz CT molecular complexity index is 958. The van der Waals surface area contributed by atoms with Crippen molar-refractivity contribution in [1.29, 1.82) is 0 Å². The molecule has 26 heavy (non-hydrogen) atoms. The molecule has 0 aliphatic heterocycles. The van der Waals surface area contributed by atoms with Crippen LogP contribution >= 0.6 is 11.9 Å². The van der Waals surface area contributed by atoms with Gasteiger partial charge in [0.1, 0.15) is 17.4 Å². The number of benzene rings is 2. The molecule has 0 aliphatic carbocycles. The Morgan fingerprint density at radius 1 is 1.35 bits per heavy atom. The van der Waals surface area contributed by atoms with E-state index in [4.69, 9.17) is 4.74 Å². The molecule has 0 unspecified atom stereocenters. The second-order valence-electron chi connectivity index (χ2n) is 5.53. The molecular weight excluding hydrogens is 355 g/mol. The molecule has 0 bridgehead atoms. The van der Waals surface area contributed by atoms with Gasteiger partial charge < -0.3 is 14.6 Å². The Kier molecular flexibility index (Phi) is 5.32. The Balaban J connectivity index is 1.77. The predicted octanol–water partition coefficient (Wildman–Crippen LogP) is 4.34. The number of anilines is 1. The Hall–Kier alpha value is -2.74. The molecule has 0 aliphatic rings. The van der Waals surface area contributed by atoms with E-state index in [1.165, 1.54) is 25.3 Å². The highest BCUT2D eigenvalue weighted by atomic mass is 32.2. The molecule has 0 atom stereocenters. The van der Waals surface area contributed by atoms with E-state index in [-0.39, 0.29) is 0 Å². The third kappa shape index (κ3) is 3.60. The Morgan fingerprint density at radius 2 is 2.15 bits per heavy atom. The first kappa shape index (κ1) is 18.1. The van der Waals surface area contributed by atoms with Gasteiger partial charge in [0.15, 0.2) is 0 Å². The van der Waals surface area contributed by atoms with Crippen LogP contribution in [0.2, 0.25) is 0 Å². The van der Waals surface area contributed by atoms with Crippen molar-refractivity contribution in [2.75, 3.05) is 12.4 Å². The van der Waals surface area contributed by atoms with Crippen molar-refractivity contribution in [2.45, 2.75) is 25.3 Å². The van der Waals surface area contributed by atoms with E-state index in [2.05, 4.69) is 15.0 Å². The van der Waals surface area contributed by atoms with Crippen molar-refractivity contribution in [3.8, 4) is 5.75 Å². The summed E-state index contributed by atoms with van der Waals surface area (Å²) in [6.45, 7) is 4.70. The topological polar surface area (TPSA) is 68.2 Å².